The minimum Gasteiger partial charge on any atom is -0.370 e. The molecule has 0 radical (unpaired) electrons. The van der Waals surface area contributed by atoms with E-state index >= 15 is 0 Å². The Labute approximate surface area is 102 Å². The van der Waals surface area contributed by atoms with Gasteiger partial charge in [-0.05, 0) is 38.8 Å². The number of aromatic nitrogens is 2. The van der Waals surface area contributed by atoms with Crippen LogP contribution in [0.2, 0.25) is 0 Å². The second kappa shape index (κ2) is 4.70. The lowest BCUT2D eigenvalue weighted by Crippen LogP contribution is -2.29. The van der Waals surface area contributed by atoms with Gasteiger partial charge >= 0.3 is 0 Å². The number of hydrogen-bond donors (Lipinski definition) is 1. The van der Waals surface area contributed by atoms with Gasteiger partial charge in [-0.2, -0.15) is 0 Å². The molecule has 92 valence electrons. The first-order valence-corrected chi connectivity index (χ1v) is 6.46. The first kappa shape index (κ1) is 11.1. The van der Waals surface area contributed by atoms with Gasteiger partial charge in [0.05, 0.1) is 18.9 Å². The van der Waals surface area contributed by atoms with Crippen LogP contribution in [-0.2, 0) is 24.4 Å². The predicted octanol–water partition coefficient (Wildman–Crippen LogP) is 1.36. The van der Waals surface area contributed by atoms with Crippen LogP contribution in [0.4, 0.5) is 0 Å². The maximum absolute atomic E-state index is 5.43. The standard InChI is InChI=1S/C13H19N3O/c1-9-11-7-17-8-12(11)16-13(15-9)6-10-2-4-14-5-3-10/h10,14H,2-8H2,1H3. The summed E-state index contributed by atoms with van der Waals surface area (Å²) in [5.41, 5.74) is 3.43. The Kier molecular flexibility index (Phi) is 3.07. The predicted molar refractivity (Wildman–Crippen MR) is 64.6 cm³/mol. The van der Waals surface area contributed by atoms with E-state index in [4.69, 9.17) is 4.74 Å². The molecule has 0 aliphatic carbocycles. The van der Waals surface area contributed by atoms with E-state index in [1.807, 2.05) is 0 Å². The van der Waals surface area contributed by atoms with E-state index in [2.05, 4.69) is 22.2 Å². The third-order valence-corrected chi connectivity index (χ3v) is 3.76. The van der Waals surface area contributed by atoms with Crippen LogP contribution in [0.25, 0.3) is 0 Å². The van der Waals surface area contributed by atoms with Crippen molar-refractivity contribution in [2.24, 2.45) is 5.92 Å². The van der Waals surface area contributed by atoms with Crippen molar-refractivity contribution in [1.29, 1.82) is 0 Å². The summed E-state index contributed by atoms with van der Waals surface area (Å²) in [5.74, 6) is 1.76. The molecule has 1 N–H and O–H groups in total. The fourth-order valence-electron chi connectivity index (χ4n) is 2.71. The molecule has 0 unspecified atom stereocenters. The summed E-state index contributed by atoms with van der Waals surface area (Å²) < 4.78 is 5.43. The number of fused-ring (bicyclic) bond motifs is 1. The summed E-state index contributed by atoms with van der Waals surface area (Å²) in [5, 5.41) is 3.39. The van der Waals surface area contributed by atoms with Gasteiger partial charge < -0.3 is 10.1 Å². The minimum absolute atomic E-state index is 0.665. The van der Waals surface area contributed by atoms with Crippen LogP contribution in [0.15, 0.2) is 0 Å². The molecule has 2 aliphatic rings. The van der Waals surface area contributed by atoms with Crippen LogP contribution in [0.3, 0.4) is 0 Å². The molecule has 2 aliphatic heterocycles. The summed E-state index contributed by atoms with van der Waals surface area (Å²) in [6.45, 7) is 5.70. The molecule has 4 heteroatoms. The molecule has 1 fully saturated rings. The van der Waals surface area contributed by atoms with Gasteiger partial charge in [-0.1, -0.05) is 0 Å². The molecule has 1 aromatic heterocycles. The van der Waals surface area contributed by atoms with Gasteiger partial charge in [0.15, 0.2) is 0 Å². The van der Waals surface area contributed by atoms with Crippen LogP contribution >= 0.6 is 0 Å². The average molecular weight is 233 g/mol. The summed E-state index contributed by atoms with van der Waals surface area (Å²) in [4.78, 5) is 9.28. The Bertz CT molecular complexity index is 413. The van der Waals surface area contributed by atoms with Gasteiger partial charge in [-0.15, -0.1) is 0 Å². The largest absolute Gasteiger partial charge is 0.370 e. The molecule has 0 amide bonds. The summed E-state index contributed by atoms with van der Waals surface area (Å²) in [7, 11) is 0. The number of hydrogen-bond acceptors (Lipinski definition) is 4. The molecule has 3 heterocycles. The highest BCUT2D eigenvalue weighted by molar-refractivity contribution is 5.26. The second-order valence-electron chi connectivity index (χ2n) is 5.04. The number of nitrogens with one attached hydrogen (secondary N) is 1. The fraction of sp³-hybridized carbons (Fsp3) is 0.692. The highest BCUT2D eigenvalue weighted by Crippen LogP contribution is 2.22. The van der Waals surface area contributed by atoms with Crippen molar-refractivity contribution in [3.63, 3.8) is 0 Å². The lowest BCUT2D eigenvalue weighted by molar-refractivity contribution is 0.133. The Morgan fingerprint density at radius 2 is 2.06 bits per heavy atom. The molecule has 0 saturated carbocycles. The molecule has 17 heavy (non-hydrogen) atoms. The van der Waals surface area contributed by atoms with Gasteiger partial charge in [0.25, 0.3) is 0 Å². The summed E-state index contributed by atoms with van der Waals surface area (Å²) in [6, 6.07) is 0. The molecule has 1 aromatic rings. The van der Waals surface area contributed by atoms with Gasteiger partial charge in [-0.25, -0.2) is 9.97 Å². The summed E-state index contributed by atoms with van der Waals surface area (Å²) >= 11 is 0. The quantitative estimate of drug-likeness (QED) is 0.838. The van der Waals surface area contributed by atoms with Crippen LogP contribution in [-0.4, -0.2) is 23.1 Å². The SMILES string of the molecule is Cc1nc(CC2CCNCC2)nc2c1COC2. The van der Waals surface area contributed by atoms with E-state index in [9.17, 15) is 0 Å². The van der Waals surface area contributed by atoms with Crippen molar-refractivity contribution in [3.8, 4) is 0 Å². The van der Waals surface area contributed by atoms with E-state index in [1.54, 1.807) is 0 Å². The second-order valence-corrected chi connectivity index (χ2v) is 5.04. The van der Waals surface area contributed by atoms with Gasteiger partial charge in [0, 0.05) is 17.7 Å². The van der Waals surface area contributed by atoms with E-state index in [1.165, 1.54) is 18.4 Å². The third kappa shape index (κ3) is 2.33. The normalized spacial score (nSPS) is 20.5. The third-order valence-electron chi connectivity index (χ3n) is 3.76. The summed E-state index contributed by atoms with van der Waals surface area (Å²) in [6.07, 6.45) is 3.52. The van der Waals surface area contributed by atoms with Crippen LogP contribution in [0.1, 0.15) is 35.6 Å². The number of nitrogens with zero attached hydrogens (tertiary/aromatic N) is 2. The Hall–Kier alpha value is -1.00. The fourth-order valence-corrected chi connectivity index (χ4v) is 2.71. The Balaban J connectivity index is 1.76. The van der Waals surface area contributed by atoms with Gasteiger partial charge in [0.2, 0.25) is 0 Å². The Morgan fingerprint density at radius 1 is 1.24 bits per heavy atom. The smallest absolute Gasteiger partial charge is 0.129 e. The van der Waals surface area contributed by atoms with E-state index in [0.717, 1.165) is 42.6 Å². The molecule has 0 aromatic carbocycles. The zero-order valence-corrected chi connectivity index (χ0v) is 10.3. The van der Waals surface area contributed by atoms with Crippen molar-refractivity contribution in [2.45, 2.75) is 39.4 Å². The highest BCUT2D eigenvalue weighted by Gasteiger charge is 2.20. The molecule has 3 rings (SSSR count). The number of ether oxygens (including phenoxy) is 1. The van der Waals surface area contributed by atoms with Crippen molar-refractivity contribution in [1.82, 2.24) is 15.3 Å². The molecular formula is C13H19N3O. The zero-order chi connectivity index (χ0) is 11.7. The van der Waals surface area contributed by atoms with Crippen molar-refractivity contribution in [3.05, 3.63) is 22.8 Å². The molecule has 1 saturated heterocycles. The molecule has 0 spiro atoms. The monoisotopic (exact) mass is 233 g/mol. The van der Waals surface area contributed by atoms with Crippen molar-refractivity contribution in [2.75, 3.05) is 13.1 Å². The highest BCUT2D eigenvalue weighted by atomic mass is 16.5. The van der Waals surface area contributed by atoms with E-state index in [0.29, 0.717) is 13.2 Å². The first-order valence-electron chi connectivity index (χ1n) is 6.46. The van der Waals surface area contributed by atoms with Gasteiger partial charge in [-0.3, -0.25) is 0 Å². The average Bonchev–Trinajstić information content (AvgIpc) is 2.79. The minimum atomic E-state index is 0.665. The molecule has 4 nitrogen and oxygen atoms in total. The van der Waals surface area contributed by atoms with E-state index < -0.39 is 0 Å². The molecular weight excluding hydrogens is 214 g/mol. The van der Waals surface area contributed by atoms with Crippen molar-refractivity contribution < 1.29 is 4.74 Å². The number of aryl methyl sites for hydroxylation is 1. The maximum Gasteiger partial charge on any atom is 0.129 e. The van der Waals surface area contributed by atoms with Crippen LogP contribution < -0.4 is 5.32 Å². The van der Waals surface area contributed by atoms with Crippen LogP contribution in [0, 0.1) is 12.8 Å². The van der Waals surface area contributed by atoms with E-state index in [-0.39, 0.29) is 0 Å². The Morgan fingerprint density at radius 3 is 2.88 bits per heavy atom. The molecule has 0 bridgehead atoms. The van der Waals surface area contributed by atoms with Gasteiger partial charge in [0.1, 0.15) is 5.82 Å². The van der Waals surface area contributed by atoms with Crippen LogP contribution in [0.5, 0.6) is 0 Å². The zero-order valence-electron chi connectivity index (χ0n) is 10.3. The topological polar surface area (TPSA) is 47.0 Å². The van der Waals surface area contributed by atoms with Crippen molar-refractivity contribution >= 4 is 0 Å². The first-order chi connectivity index (χ1) is 8.33. The lowest BCUT2D eigenvalue weighted by atomic mass is 9.94. The maximum atomic E-state index is 5.43. The number of rotatable bonds is 2. The lowest BCUT2D eigenvalue weighted by Gasteiger charge is -2.22. The molecule has 0 atom stereocenters. The number of piperidine rings is 1.